The fraction of sp³-hybridized carbons (Fsp3) is 0.0833. The third kappa shape index (κ3) is 8.23. The third-order valence-corrected chi connectivity index (χ3v) is 16.0. The van der Waals surface area contributed by atoms with Crippen molar-refractivity contribution in [3.05, 3.63) is 277 Å². The van der Waals surface area contributed by atoms with Crippen LogP contribution in [-0.4, -0.2) is 29.9 Å². The number of anilines is 6. The highest BCUT2D eigenvalue weighted by atomic mass is 15.2. The number of nitrogens with zero attached hydrogens (tertiary/aromatic N) is 8. The average molecular weight is 1030 g/mol. The van der Waals surface area contributed by atoms with E-state index in [1.165, 1.54) is 22.3 Å². The summed E-state index contributed by atoms with van der Waals surface area (Å²) < 4.78 is 0. The van der Waals surface area contributed by atoms with Gasteiger partial charge in [-0.15, -0.1) is 0 Å². The zero-order chi connectivity index (χ0) is 54.0. The molecule has 2 aliphatic rings. The van der Waals surface area contributed by atoms with Gasteiger partial charge in [0.15, 0.2) is 34.9 Å². The first kappa shape index (κ1) is 48.2. The second kappa shape index (κ2) is 19.4. The lowest BCUT2D eigenvalue weighted by Gasteiger charge is -2.42. The van der Waals surface area contributed by atoms with Crippen molar-refractivity contribution in [2.45, 2.75) is 38.5 Å². The van der Waals surface area contributed by atoms with Crippen molar-refractivity contribution in [2.24, 2.45) is 0 Å². The predicted octanol–water partition coefficient (Wildman–Crippen LogP) is 17.9. The van der Waals surface area contributed by atoms with Gasteiger partial charge in [0.2, 0.25) is 0 Å². The molecule has 80 heavy (non-hydrogen) atoms. The van der Waals surface area contributed by atoms with Crippen LogP contribution in [0.5, 0.6) is 0 Å². The van der Waals surface area contributed by atoms with Gasteiger partial charge in [0.1, 0.15) is 0 Å². The molecule has 0 spiro atoms. The number of hydrogen-bond acceptors (Lipinski definition) is 8. The van der Waals surface area contributed by atoms with E-state index in [0.717, 1.165) is 78.6 Å². The Labute approximate surface area is 466 Å². The largest absolute Gasteiger partial charge is 0.310 e. The van der Waals surface area contributed by atoms with Gasteiger partial charge in [-0.05, 0) is 81.9 Å². The molecular formula is C72H54N8. The molecule has 2 aliphatic heterocycles. The molecule has 0 atom stereocenters. The summed E-state index contributed by atoms with van der Waals surface area (Å²) in [6, 6.07) is 89.2. The topological polar surface area (TPSA) is 83.8 Å². The zero-order valence-electron chi connectivity index (χ0n) is 44.8. The lowest BCUT2D eigenvalue weighted by atomic mass is 9.73. The highest BCUT2D eigenvalue weighted by Crippen LogP contribution is 2.55. The molecular weight excluding hydrogens is 977 g/mol. The Morgan fingerprint density at radius 3 is 0.750 bits per heavy atom. The minimum absolute atomic E-state index is 0.251. The van der Waals surface area contributed by atoms with Crippen LogP contribution in [0.3, 0.4) is 0 Å². The molecule has 0 bridgehead atoms. The zero-order valence-corrected chi connectivity index (χ0v) is 44.8. The van der Waals surface area contributed by atoms with E-state index in [9.17, 15) is 0 Å². The fourth-order valence-corrected chi connectivity index (χ4v) is 11.9. The minimum atomic E-state index is -0.251. The maximum atomic E-state index is 5.46. The summed E-state index contributed by atoms with van der Waals surface area (Å²) in [6.07, 6.45) is 0. The number of fused-ring (bicyclic) bond motifs is 4. The number of rotatable bonds is 9. The van der Waals surface area contributed by atoms with Gasteiger partial charge in [-0.1, -0.05) is 234 Å². The smallest absolute Gasteiger partial charge is 0.164 e. The monoisotopic (exact) mass is 1030 g/mol. The van der Waals surface area contributed by atoms with Gasteiger partial charge in [-0.2, -0.15) is 0 Å². The van der Waals surface area contributed by atoms with E-state index in [2.05, 4.69) is 219 Å². The van der Waals surface area contributed by atoms with E-state index in [0.29, 0.717) is 34.9 Å². The number of aromatic nitrogens is 6. The Morgan fingerprint density at radius 2 is 0.475 bits per heavy atom. The van der Waals surface area contributed by atoms with E-state index in [1.54, 1.807) is 0 Å². The number of hydrogen-bond donors (Lipinski definition) is 0. The molecule has 0 unspecified atom stereocenters. The van der Waals surface area contributed by atoms with Gasteiger partial charge in [0.05, 0.1) is 22.7 Å². The van der Waals surface area contributed by atoms with E-state index < -0.39 is 0 Å². The van der Waals surface area contributed by atoms with Crippen molar-refractivity contribution in [1.82, 2.24) is 29.9 Å². The molecule has 14 rings (SSSR count). The third-order valence-electron chi connectivity index (χ3n) is 16.0. The Hall–Kier alpha value is -10.2. The Kier molecular flexibility index (Phi) is 11.7. The second-order valence-corrected chi connectivity index (χ2v) is 21.5. The summed E-state index contributed by atoms with van der Waals surface area (Å²) in [5, 5.41) is 0. The summed E-state index contributed by atoms with van der Waals surface area (Å²) >= 11 is 0. The molecule has 8 nitrogen and oxygen atoms in total. The molecule has 0 fully saturated rings. The summed E-state index contributed by atoms with van der Waals surface area (Å²) in [4.78, 5) is 37.0. The highest BCUT2D eigenvalue weighted by molar-refractivity contribution is 5.97. The SMILES string of the molecule is CC1(C)c2ccccc2N(c2ccc(-c3ccc(N4c5ccccc5C(C)(C)c5ccccc54)cc3-c3nc(-c4ccccc4)nc(-c4ccccc4)n3)c(-c3nc(-c4ccccc4)nc(-c4ccccc4)n3)c2)c2ccccc21. The van der Waals surface area contributed by atoms with Crippen LogP contribution in [0.25, 0.3) is 79.5 Å². The molecule has 12 aromatic rings. The fourth-order valence-electron chi connectivity index (χ4n) is 11.9. The first-order valence-electron chi connectivity index (χ1n) is 27.2. The van der Waals surface area contributed by atoms with Gasteiger partial charge >= 0.3 is 0 Å². The Bertz CT molecular complexity index is 3820. The van der Waals surface area contributed by atoms with Crippen molar-refractivity contribution in [2.75, 3.05) is 9.80 Å². The van der Waals surface area contributed by atoms with Crippen LogP contribution in [-0.2, 0) is 10.8 Å². The van der Waals surface area contributed by atoms with Crippen LogP contribution >= 0.6 is 0 Å². The van der Waals surface area contributed by atoms with Crippen molar-refractivity contribution >= 4 is 34.1 Å². The van der Waals surface area contributed by atoms with Crippen LogP contribution in [0, 0.1) is 0 Å². The van der Waals surface area contributed by atoms with Crippen molar-refractivity contribution in [1.29, 1.82) is 0 Å². The van der Waals surface area contributed by atoms with E-state index in [1.807, 2.05) is 72.8 Å². The van der Waals surface area contributed by atoms with Gasteiger partial charge in [0.25, 0.3) is 0 Å². The van der Waals surface area contributed by atoms with Crippen LogP contribution in [0.4, 0.5) is 34.1 Å². The van der Waals surface area contributed by atoms with Crippen molar-refractivity contribution in [3.8, 4) is 79.5 Å². The summed E-state index contributed by atoms with van der Waals surface area (Å²) in [5.74, 6) is 3.32. The quantitative estimate of drug-likeness (QED) is 0.141. The molecule has 0 N–H and O–H groups in total. The Morgan fingerprint density at radius 1 is 0.237 bits per heavy atom. The molecule has 8 heteroatoms. The molecule has 0 saturated carbocycles. The number of benzene rings is 10. The average Bonchev–Trinajstić information content (AvgIpc) is 3.31. The molecule has 0 saturated heterocycles. The van der Waals surface area contributed by atoms with Crippen molar-refractivity contribution < 1.29 is 0 Å². The second-order valence-electron chi connectivity index (χ2n) is 21.5. The molecule has 2 aromatic heterocycles. The van der Waals surface area contributed by atoms with Gasteiger partial charge in [-0.3, -0.25) is 0 Å². The first-order chi connectivity index (χ1) is 39.2. The van der Waals surface area contributed by atoms with E-state index in [-0.39, 0.29) is 10.8 Å². The van der Waals surface area contributed by atoms with E-state index >= 15 is 0 Å². The Balaban J connectivity index is 1.08. The summed E-state index contributed by atoms with van der Waals surface area (Å²) in [5.41, 5.74) is 17.8. The number of para-hydroxylation sites is 4. The molecule has 10 aromatic carbocycles. The molecule has 0 amide bonds. The summed E-state index contributed by atoms with van der Waals surface area (Å²) in [6.45, 7) is 9.27. The molecule has 0 radical (unpaired) electrons. The normalized spacial score (nSPS) is 13.7. The first-order valence-corrected chi connectivity index (χ1v) is 27.2. The van der Waals surface area contributed by atoms with Gasteiger partial charge in [-0.25, -0.2) is 29.9 Å². The van der Waals surface area contributed by atoms with Crippen LogP contribution in [0.15, 0.2) is 255 Å². The van der Waals surface area contributed by atoms with Crippen LogP contribution < -0.4 is 9.80 Å². The molecule has 0 aliphatic carbocycles. The van der Waals surface area contributed by atoms with Gasteiger partial charge < -0.3 is 9.80 Å². The van der Waals surface area contributed by atoms with Gasteiger partial charge in [0, 0.05) is 55.6 Å². The highest BCUT2D eigenvalue weighted by Gasteiger charge is 2.39. The van der Waals surface area contributed by atoms with Crippen LogP contribution in [0.2, 0.25) is 0 Å². The minimum Gasteiger partial charge on any atom is -0.310 e. The lowest BCUT2D eigenvalue weighted by molar-refractivity contribution is 0.632. The molecule has 382 valence electrons. The maximum Gasteiger partial charge on any atom is 0.164 e. The predicted molar refractivity (Wildman–Crippen MR) is 325 cm³/mol. The maximum absolute atomic E-state index is 5.46. The van der Waals surface area contributed by atoms with Crippen molar-refractivity contribution in [3.63, 3.8) is 0 Å². The van der Waals surface area contributed by atoms with E-state index in [4.69, 9.17) is 29.9 Å². The summed E-state index contributed by atoms with van der Waals surface area (Å²) in [7, 11) is 0. The lowest BCUT2D eigenvalue weighted by Crippen LogP contribution is -2.30. The standard InChI is InChI=1S/C72H54N8/c1-71(2)57-33-17-21-37-61(57)79(62-38-22-18-34-58(62)71)51-41-43-53(55(45-51)69-75-65(47-25-9-5-10-26-47)73-66(76-69)48-27-11-6-12-28-48)54-44-42-52(80-63-39-23-19-35-59(63)72(3,4)60-36-20-24-40-64(60)80)46-56(54)70-77-67(49-29-13-7-14-30-49)74-68(78-70)50-31-15-8-16-32-50/h5-46H,1-4H3. The molecule has 4 heterocycles. The van der Waals surface area contributed by atoms with Crippen LogP contribution in [0.1, 0.15) is 49.9 Å².